The Labute approximate surface area is 153 Å². The van der Waals surface area contributed by atoms with Gasteiger partial charge >= 0.3 is 17.2 Å². The van der Waals surface area contributed by atoms with E-state index in [1.807, 2.05) is 0 Å². The topological polar surface area (TPSA) is 107 Å². The summed E-state index contributed by atoms with van der Waals surface area (Å²) in [4.78, 5) is 24.7. The maximum atomic E-state index is 12.7. The van der Waals surface area contributed by atoms with Gasteiger partial charge in [0.2, 0.25) is 5.69 Å². The van der Waals surface area contributed by atoms with Crippen molar-refractivity contribution in [2.75, 3.05) is 25.6 Å². The molecule has 9 nitrogen and oxygen atoms in total. The number of amides is 1. The van der Waals surface area contributed by atoms with Crippen LogP contribution in [0.3, 0.4) is 0 Å². The quantitative estimate of drug-likeness (QED) is 0.670. The number of nitrogens with zero attached hydrogens (tertiary/aromatic N) is 1. The fraction of sp³-hybridized carbons (Fsp3) is 0.167. The number of methoxy groups -OCH3 is 1. The van der Waals surface area contributed by atoms with Crippen molar-refractivity contribution >= 4 is 11.6 Å². The highest BCUT2D eigenvalue weighted by Gasteiger charge is 2.31. The number of H-pyrrole nitrogens is 1. The maximum Gasteiger partial charge on any atom is 0.441 e. The first-order valence-corrected chi connectivity index (χ1v) is 8.14. The van der Waals surface area contributed by atoms with Crippen LogP contribution in [0, 0.1) is 0 Å². The van der Waals surface area contributed by atoms with E-state index in [-0.39, 0.29) is 5.69 Å². The Morgan fingerprint density at radius 3 is 2.59 bits per heavy atom. The van der Waals surface area contributed by atoms with Gasteiger partial charge in [-0.3, -0.25) is 9.32 Å². The second-order valence-electron chi connectivity index (χ2n) is 5.68. The van der Waals surface area contributed by atoms with Crippen LogP contribution in [0.4, 0.5) is 5.69 Å². The molecule has 0 radical (unpaired) electrons. The van der Waals surface area contributed by atoms with E-state index in [0.29, 0.717) is 41.8 Å². The molecule has 0 spiro atoms. The summed E-state index contributed by atoms with van der Waals surface area (Å²) in [6, 6.07) is 11.8. The molecule has 27 heavy (non-hydrogen) atoms. The molecule has 1 amide bonds. The molecule has 1 aliphatic heterocycles. The van der Waals surface area contributed by atoms with Crippen LogP contribution in [0.25, 0.3) is 5.69 Å². The number of fused-ring (bicyclic) bond motifs is 1. The second-order valence-corrected chi connectivity index (χ2v) is 5.68. The third-order valence-corrected chi connectivity index (χ3v) is 3.99. The Balaban J connectivity index is 1.62. The van der Waals surface area contributed by atoms with Gasteiger partial charge in [0.1, 0.15) is 19.0 Å². The molecular weight excluding hydrogens is 354 g/mol. The minimum atomic E-state index is -0.791. The Bertz CT molecular complexity index is 1040. The van der Waals surface area contributed by atoms with E-state index in [4.69, 9.17) is 18.7 Å². The first-order valence-electron chi connectivity index (χ1n) is 8.14. The summed E-state index contributed by atoms with van der Waals surface area (Å²) in [6.45, 7) is 0.911. The fourth-order valence-corrected chi connectivity index (χ4v) is 2.69. The molecule has 1 aliphatic rings. The predicted molar refractivity (Wildman–Crippen MR) is 92.8 cm³/mol. The minimum Gasteiger partial charge on any atom is -0.497 e. The highest BCUT2D eigenvalue weighted by Crippen LogP contribution is 2.32. The molecule has 4 rings (SSSR count). The summed E-state index contributed by atoms with van der Waals surface area (Å²) in [5.74, 6) is 1.15. The summed E-state index contributed by atoms with van der Waals surface area (Å²) >= 11 is 0. The number of aromatic amines is 1. The van der Waals surface area contributed by atoms with Crippen molar-refractivity contribution in [3.63, 3.8) is 0 Å². The predicted octanol–water partition coefficient (Wildman–Crippen LogP) is 1.28. The van der Waals surface area contributed by atoms with Crippen molar-refractivity contribution < 1.29 is 28.2 Å². The van der Waals surface area contributed by atoms with E-state index < -0.39 is 11.5 Å². The highest BCUT2D eigenvalue weighted by atomic mass is 16.6. The van der Waals surface area contributed by atoms with E-state index >= 15 is 0 Å². The van der Waals surface area contributed by atoms with Crippen molar-refractivity contribution in [2.24, 2.45) is 0 Å². The van der Waals surface area contributed by atoms with Gasteiger partial charge in [0.25, 0.3) is 0 Å². The van der Waals surface area contributed by atoms with Crippen LogP contribution in [0.1, 0.15) is 10.5 Å². The molecule has 2 heterocycles. The van der Waals surface area contributed by atoms with Gasteiger partial charge in [0, 0.05) is 23.9 Å². The van der Waals surface area contributed by atoms with Crippen LogP contribution >= 0.6 is 0 Å². The van der Waals surface area contributed by atoms with E-state index in [0.717, 1.165) is 0 Å². The van der Waals surface area contributed by atoms with Gasteiger partial charge < -0.3 is 19.5 Å². The number of rotatable bonds is 4. The van der Waals surface area contributed by atoms with Crippen molar-refractivity contribution in [3.05, 3.63) is 58.6 Å². The van der Waals surface area contributed by atoms with Gasteiger partial charge in [0.15, 0.2) is 11.5 Å². The summed E-state index contributed by atoms with van der Waals surface area (Å²) < 4.78 is 22.1. The van der Waals surface area contributed by atoms with Gasteiger partial charge in [-0.1, -0.05) is 0 Å². The third-order valence-electron chi connectivity index (χ3n) is 3.99. The number of ether oxygens (including phenoxy) is 3. The van der Waals surface area contributed by atoms with E-state index in [1.165, 1.54) is 4.68 Å². The molecule has 2 N–H and O–H groups in total. The maximum absolute atomic E-state index is 12.7. The normalized spacial score (nSPS) is 12.5. The van der Waals surface area contributed by atoms with Gasteiger partial charge in [-0.05, 0) is 34.2 Å². The van der Waals surface area contributed by atoms with Crippen molar-refractivity contribution in [3.8, 4) is 22.9 Å². The lowest BCUT2D eigenvalue weighted by atomic mass is 10.2. The fourth-order valence-electron chi connectivity index (χ4n) is 2.69. The molecule has 0 saturated heterocycles. The molecule has 0 fully saturated rings. The Morgan fingerprint density at radius 1 is 1.11 bits per heavy atom. The van der Waals surface area contributed by atoms with Crippen LogP contribution in [0.2, 0.25) is 0 Å². The van der Waals surface area contributed by atoms with Crippen LogP contribution in [0.5, 0.6) is 17.2 Å². The zero-order valence-corrected chi connectivity index (χ0v) is 14.4. The van der Waals surface area contributed by atoms with Crippen LogP contribution in [0.15, 0.2) is 51.8 Å². The molecule has 9 heteroatoms. The molecule has 0 unspecified atom stereocenters. The standard InChI is InChI=1S/C18H15N3O6/c1-24-13-5-3-12(4-6-13)21-16(18(23)27-20-21)17(22)19-11-2-7-14-15(10-11)26-9-8-25-14/h2-7,10H,8-9H2,1H3,(H-,19,20,22,23)/p+1. The number of anilines is 1. The second kappa shape index (κ2) is 6.87. The minimum absolute atomic E-state index is 0.199. The number of carbonyl (C=O) groups is 1. The van der Waals surface area contributed by atoms with Gasteiger partial charge in [0.05, 0.1) is 7.11 Å². The average Bonchev–Trinajstić information content (AvgIpc) is 3.09. The number of benzene rings is 2. The number of aromatic nitrogens is 2. The van der Waals surface area contributed by atoms with Crippen molar-refractivity contribution in [1.82, 2.24) is 5.27 Å². The van der Waals surface area contributed by atoms with Crippen molar-refractivity contribution in [2.45, 2.75) is 0 Å². The molecule has 138 valence electrons. The summed E-state index contributed by atoms with van der Waals surface area (Å²) in [6.07, 6.45) is 0. The number of carbonyl (C=O) groups excluding carboxylic acids is 1. The van der Waals surface area contributed by atoms with Crippen LogP contribution < -0.4 is 29.8 Å². The summed E-state index contributed by atoms with van der Waals surface area (Å²) in [5.41, 5.74) is 0.0102. The van der Waals surface area contributed by atoms with E-state index in [9.17, 15) is 9.59 Å². The highest BCUT2D eigenvalue weighted by molar-refractivity contribution is 6.01. The van der Waals surface area contributed by atoms with Crippen LogP contribution in [-0.4, -0.2) is 31.5 Å². The molecule has 0 bridgehead atoms. The number of hydrogen-bond acceptors (Lipinski definition) is 6. The van der Waals surface area contributed by atoms with Gasteiger partial charge in [-0.25, -0.2) is 4.79 Å². The Hall–Kier alpha value is -3.75. The molecule has 3 aromatic rings. The number of nitrogens with one attached hydrogen (secondary N) is 2. The van der Waals surface area contributed by atoms with Crippen molar-refractivity contribution in [1.29, 1.82) is 0 Å². The Morgan fingerprint density at radius 2 is 1.85 bits per heavy atom. The van der Waals surface area contributed by atoms with Gasteiger partial charge in [-0.2, -0.15) is 0 Å². The summed E-state index contributed by atoms with van der Waals surface area (Å²) in [5, 5.41) is 5.10. The first kappa shape index (κ1) is 16.7. The largest absolute Gasteiger partial charge is 0.497 e. The summed E-state index contributed by atoms with van der Waals surface area (Å²) in [7, 11) is 1.55. The molecule has 0 aliphatic carbocycles. The molecule has 0 atom stereocenters. The SMILES string of the molecule is COc1ccc(-[n+]2[nH]oc(=O)c2C(=O)Nc2ccc3c(c2)OCCO3)cc1. The van der Waals surface area contributed by atoms with E-state index in [2.05, 4.69) is 10.6 Å². The van der Waals surface area contributed by atoms with Crippen LogP contribution in [-0.2, 0) is 0 Å². The monoisotopic (exact) mass is 370 g/mol. The lowest BCUT2D eigenvalue weighted by Gasteiger charge is -2.18. The molecular formula is C18H16N3O6+. The lowest BCUT2D eigenvalue weighted by molar-refractivity contribution is -0.672. The first-order chi connectivity index (χ1) is 13.2. The third kappa shape index (κ3) is 3.22. The molecule has 2 aromatic carbocycles. The average molecular weight is 370 g/mol. The smallest absolute Gasteiger partial charge is 0.441 e. The zero-order chi connectivity index (χ0) is 18.8. The molecule has 1 aromatic heterocycles. The van der Waals surface area contributed by atoms with E-state index in [1.54, 1.807) is 49.6 Å². The Kier molecular flexibility index (Phi) is 4.25. The zero-order valence-electron chi connectivity index (χ0n) is 14.4. The van der Waals surface area contributed by atoms with Gasteiger partial charge in [-0.15, -0.1) is 0 Å². The number of hydrogen-bond donors (Lipinski definition) is 2. The lowest BCUT2D eigenvalue weighted by Crippen LogP contribution is -2.42. The molecule has 0 saturated carbocycles.